The second-order valence-electron chi connectivity index (χ2n) is 4.46. The molecule has 0 unspecified atom stereocenters. The van der Waals surface area contributed by atoms with Gasteiger partial charge in [0.25, 0.3) is 0 Å². The zero-order chi connectivity index (χ0) is 13.4. The van der Waals surface area contributed by atoms with Crippen LogP contribution in [0.1, 0.15) is 25.7 Å². The second kappa shape index (κ2) is 4.55. The summed E-state index contributed by atoms with van der Waals surface area (Å²) in [6.45, 7) is 0. The lowest BCUT2D eigenvalue weighted by molar-refractivity contribution is -0.139. The minimum absolute atomic E-state index is 0.0243. The molecular weight excluding hydrogens is 276 g/mol. The van der Waals surface area contributed by atoms with Gasteiger partial charge in [0.05, 0.1) is 4.90 Å². The number of halogens is 1. The molecule has 0 aromatic heterocycles. The number of carboxylic acid groups (broad SMARTS) is 1. The minimum Gasteiger partial charge on any atom is -0.480 e. The fraction of sp³-hybridized carbons (Fsp3) is 0.417. The smallest absolute Gasteiger partial charge is 0.325 e. The van der Waals surface area contributed by atoms with Crippen molar-refractivity contribution in [1.82, 2.24) is 0 Å². The van der Waals surface area contributed by atoms with Gasteiger partial charge in [-0.05, 0) is 37.1 Å². The number of carboxylic acids is 1. The van der Waals surface area contributed by atoms with Crippen molar-refractivity contribution in [1.29, 1.82) is 0 Å². The minimum atomic E-state index is -3.87. The van der Waals surface area contributed by atoms with Gasteiger partial charge in [-0.3, -0.25) is 4.79 Å². The summed E-state index contributed by atoms with van der Waals surface area (Å²) in [5.41, 5.74) is 0. The Labute approximate surface area is 110 Å². The van der Waals surface area contributed by atoms with Crippen LogP contribution in [0.5, 0.6) is 0 Å². The summed E-state index contributed by atoms with van der Waals surface area (Å²) in [5, 5.41) is 9.73. The fourth-order valence-electron chi connectivity index (χ4n) is 2.38. The molecule has 1 aliphatic rings. The maximum absolute atomic E-state index is 12.5. The Kier molecular flexibility index (Phi) is 3.38. The average Bonchev–Trinajstić information content (AvgIpc) is 2.80. The van der Waals surface area contributed by atoms with Gasteiger partial charge in [-0.1, -0.05) is 24.4 Å². The van der Waals surface area contributed by atoms with Crippen LogP contribution in [0.2, 0.25) is 5.02 Å². The second-order valence-corrected chi connectivity index (χ2v) is 7.16. The maximum Gasteiger partial charge on any atom is 0.325 e. The number of hydrogen-bond donors (Lipinski definition) is 1. The van der Waals surface area contributed by atoms with Crippen LogP contribution in [0.4, 0.5) is 0 Å². The number of benzene rings is 1. The van der Waals surface area contributed by atoms with Crippen LogP contribution >= 0.6 is 11.6 Å². The van der Waals surface area contributed by atoms with E-state index in [1.807, 2.05) is 0 Å². The van der Waals surface area contributed by atoms with Crippen LogP contribution in [-0.2, 0) is 14.6 Å². The quantitative estimate of drug-likeness (QED) is 0.927. The molecule has 1 aromatic carbocycles. The number of aliphatic carboxylic acids is 1. The Bertz CT molecular complexity index is 556. The van der Waals surface area contributed by atoms with Crippen LogP contribution in [0.25, 0.3) is 0 Å². The molecule has 0 spiro atoms. The van der Waals surface area contributed by atoms with Gasteiger partial charge in [0.1, 0.15) is 0 Å². The molecule has 1 aliphatic carbocycles. The summed E-state index contributed by atoms with van der Waals surface area (Å²) in [4.78, 5) is 11.4. The standard InChI is InChI=1S/C12H13ClO4S/c13-9-3-5-10(6-4-9)18(16,17)12(11(14)15)7-1-2-8-12/h3-6H,1-2,7-8H2,(H,14,15). The van der Waals surface area contributed by atoms with Crippen LogP contribution in [0, 0.1) is 0 Å². The molecule has 2 rings (SSSR count). The Morgan fingerprint density at radius 3 is 2.11 bits per heavy atom. The van der Waals surface area contributed by atoms with Crippen molar-refractivity contribution in [2.24, 2.45) is 0 Å². The van der Waals surface area contributed by atoms with Gasteiger partial charge in [0.15, 0.2) is 14.6 Å². The summed E-state index contributed by atoms with van der Waals surface area (Å²) in [6, 6.07) is 5.64. The molecule has 0 amide bonds. The summed E-state index contributed by atoms with van der Waals surface area (Å²) in [7, 11) is -3.87. The van der Waals surface area contributed by atoms with E-state index in [2.05, 4.69) is 0 Å². The van der Waals surface area contributed by atoms with E-state index in [1.165, 1.54) is 24.3 Å². The highest BCUT2D eigenvalue weighted by molar-refractivity contribution is 7.93. The summed E-state index contributed by atoms with van der Waals surface area (Å²) in [5.74, 6) is -1.25. The Morgan fingerprint density at radius 1 is 1.17 bits per heavy atom. The lowest BCUT2D eigenvalue weighted by Gasteiger charge is -2.23. The first-order valence-corrected chi connectivity index (χ1v) is 7.50. The molecule has 18 heavy (non-hydrogen) atoms. The van der Waals surface area contributed by atoms with Crippen molar-refractivity contribution < 1.29 is 18.3 Å². The molecular formula is C12H13ClO4S. The first-order valence-electron chi connectivity index (χ1n) is 5.64. The van der Waals surface area contributed by atoms with Crippen LogP contribution < -0.4 is 0 Å². The Hall–Kier alpha value is -1.07. The fourth-order valence-corrected chi connectivity index (χ4v) is 4.51. The molecule has 0 radical (unpaired) electrons. The molecule has 0 bridgehead atoms. The molecule has 0 atom stereocenters. The lowest BCUT2D eigenvalue weighted by atomic mass is 10.1. The lowest BCUT2D eigenvalue weighted by Crippen LogP contribution is -2.43. The molecule has 98 valence electrons. The van der Waals surface area contributed by atoms with Gasteiger partial charge in [0, 0.05) is 5.02 Å². The highest BCUT2D eigenvalue weighted by atomic mass is 35.5. The average molecular weight is 289 g/mol. The van der Waals surface area contributed by atoms with E-state index < -0.39 is 20.6 Å². The van der Waals surface area contributed by atoms with E-state index >= 15 is 0 Å². The maximum atomic E-state index is 12.5. The third-order valence-corrected chi connectivity index (χ3v) is 6.20. The first kappa shape index (κ1) is 13.4. The number of rotatable bonds is 3. The van der Waals surface area contributed by atoms with Gasteiger partial charge in [-0.2, -0.15) is 0 Å². The molecule has 1 aromatic rings. The summed E-state index contributed by atoms with van der Waals surface area (Å²) >= 11 is 5.71. The molecule has 4 nitrogen and oxygen atoms in total. The molecule has 0 saturated heterocycles. The van der Waals surface area contributed by atoms with Crippen molar-refractivity contribution in [2.75, 3.05) is 0 Å². The normalized spacial score (nSPS) is 18.7. The third-order valence-electron chi connectivity index (χ3n) is 3.44. The third kappa shape index (κ3) is 1.91. The van der Waals surface area contributed by atoms with Gasteiger partial charge in [-0.25, -0.2) is 8.42 Å². The number of carbonyl (C=O) groups is 1. The van der Waals surface area contributed by atoms with Gasteiger partial charge >= 0.3 is 5.97 Å². The zero-order valence-corrected chi connectivity index (χ0v) is 11.2. The first-order chi connectivity index (χ1) is 8.40. The Morgan fingerprint density at radius 2 is 1.67 bits per heavy atom. The SMILES string of the molecule is O=C(O)C1(S(=O)(=O)c2ccc(Cl)cc2)CCCC1. The predicted molar refractivity (Wildman–Crippen MR) is 67.5 cm³/mol. The molecule has 1 fully saturated rings. The monoisotopic (exact) mass is 288 g/mol. The van der Waals surface area contributed by atoms with Crippen molar-refractivity contribution in [2.45, 2.75) is 35.3 Å². The topological polar surface area (TPSA) is 71.4 Å². The molecule has 6 heteroatoms. The zero-order valence-electron chi connectivity index (χ0n) is 9.60. The summed E-state index contributed by atoms with van der Waals surface area (Å²) in [6.07, 6.45) is 1.60. The van der Waals surface area contributed by atoms with Crippen molar-refractivity contribution in [3.8, 4) is 0 Å². The predicted octanol–water partition coefficient (Wildman–Crippen LogP) is 2.51. The van der Waals surface area contributed by atoms with Gasteiger partial charge in [-0.15, -0.1) is 0 Å². The molecule has 1 N–H and O–H groups in total. The largest absolute Gasteiger partial charge is 0.480 e. The van der Waals surface area contributed by atoms with E-state index in [9.17, 15) is 18.3 Å². The summed E-state index contributed by atoms with van der Waals surface area (Å²) < 4.78 is 23.3. The molecule has 1 saturated carbocycles. The van der Waals surface area contributed by atoms with E-state index in [-0.39, 0.29) is 17.7 Å². The number of hydrogen-bond acceptors (Lipinski definition) is 3. The van der Waals surface area contributed by atoms with Crippen LogP contribution in [-0.4, -0.2) is 24.2 Å². The van der Waals surface area contributed by atoms with Gasteiger partial charge in [0.2, 0.25) is 0 Å². The highest BCUT2D eigenvalue weighted by Gasteiger charge is 2.53. The molecule has 0 aliphatic heterocycles. The van der Waals surface area contributed by atoms with E-state index in [0.29, 0.717) is 17.9 Å². The highest BCUT2D eigenvalue weighted by Crippen LogP contribution is 2.40. The van der Waals surface area contributed by atoms with E-state index in [4.69, 9.17) is 11.6 Å². The van der Waals surface area contributed by atoms with Crippen molar-refractivity contribution in [3.05, 3.63) is 29.3 Å². The van der Waals surface area contributed by atoms with Gasteiger partial charge < -0.3 is 5.11 Å². The van der Waals surface area contributed by atoms with Crippen LogP contribution in [0.3, 0.4) is 0 Å². The number of sulfone groups is 1. The van der Waals surface area contributed by atoms with Crippen molar-refractivity contribution >= 4 is 27.4 Å². The van der Waals surface area contributed by atoms with E-state index in [1.54, 1.807) is 0 Å². The van der Waals surface area contributed by atoms with Crippen molar-refractivity contribution in [3.63, 3.8) is 0 Å². The van der Waals surface area contributed by atoms with Crippen LogP contribution in [0.15, 0.2) is 29.2 Å². The molecule has 0 heterocycles. The van der Waals surface area contributed by atoms with E-state index in [0.717, 1.165) is 0 Å². The Balaban J connectivity index is 2.53.